The number of carbonyl (C=O) groups excluding carboxylic acids is 1. The molecule has 1 amide bonds. The lowest BCUT2D eigenvalue weighted by molar-refractivity contribution is 0.0951. The van der Waals surface area contributed by atoms with E-state index < -0.39 is 15.8 Å². The number of thiazole rings is 1. The second kappa shape index (κ2) is 9.25. The van der Waals surface area contributed by atoms with Gasteiger partial charge in [-0.05, 0) is 60.7 Å². The molecule has 0 atom stereocenters. The molecule has 2 heterocycles. The van der Waals surface area contributed by atoms with Crippen molar-refractivity contribution in [2.24, 2.45) is 0 Å². The maximum atomic E-state index is 13.0. The first kappa shape index (κ1) is 21.6. The molecule has 4 aromatic rings. The topological polar surface area (TPSA) is 101 Å². The number of carbonyl (C=O) groups is 1. The molecule has 0 spiro atoms. The van der Waals surface area contributed by atoms with E-state index in [2.05, 4.69) is 20.0 Å². The molecule has 2 aromatic heterocycles. The Labute approximate surface area is 188 Å². The van der Waals surface area contributed by atoms with E-state index in [1.54, 1.807) is 12.4 Å². The maximum Gasteiger partial charge on any atom is 0.261 e. The van der Waals surface area contributed by atoms with Crippen molar-refractivity contribution in [2.75, 3.05) is 4.72 Å². The molecule has 32 heavy (non-hydrogen) atoms. The number of nitrogens with zero attached hydrogens (tertiary/aromatic N) is 2. The van der Waals surface area contributed by atoms with Crippen LogP contribution in [-0.2, 0) is 16.6 Å². The lowest BCUT2D eigenvalue weighted by Crippen LogP contribution is -2.22. The van der Waals surface area contributed by atoms with Crippen LogP contribution in [0.4, 0.5) is 10.1 Å². The van der Waals surface area contributed by atoms with E-state index in [0.717, 1.165) is 28.4 Å². The van der Waals surface area contributed by atoms with Gasteiger partial charge in [0.1, 0.15) is 10.8 Å². The molecular weight excluding hydrogens is 451 g/mol. The van der Waals surface area contributed by atoms with Crippen molar-refractivity contribution in [3.63, 3.8) is 0 Å². The zero-order chi connectivity index (χ0) is 22.6. The Bertz CT molecular complexity index is 1320. The number of rotatable bonds is 7. The van der Waals surface area contributed by atoms with Gasteiger partial charge in [0.2, 0.25) is 0 Å². The second-order valence-electron chi connectivity index (χ2n) is 6.68. The summed E-state index contributed by atoms with van der Waals surface area (Å²) in [5.74, 6) is -0.829. The lowest BCUT2D eigenvalue weighted by Gasteiger charge is -2.09. The molecule has 2 N–H and O–H groups in total. The summed E-state index contributed by atoms with van der Waals surface area (Å²) in [6.45, 7) is 0.271. The summed E-state index contributed by atoms with van der Waals surface area (Å²) in [5, 5.41) is 5.48. The molecule has 0 aliphatic carbocycles. The number of hydrogen-bond acceptors (Lipinski definition) is 6. The first-order chi connectivity index (χ1) is 15.4. The molecular formula is C22H17FN4O3S2. The Morgan fingerprint density at radius 1 is 0.969 bits per heavy atom. The number of pyridine rings is 1. The summed E-state index contributed by atoms with van der Waals surface area (Å²) in [6, 6.07) is 14.2. The Balaban J connectivity index is 1.36. The van der Waals surface area contributed by atoms with Gasteiger partial charge in [0.25, 0.3) is 15.9 Å². The van der Waals surface area contributed by atoms with E-state index >= 15 is 0 Å². The molecule has 0 bridgehead atoms. The van der Waals surface area contributed by atoms with E-state index in [9.17, 15) is 17.6 Å². The fraction of sp³-hybridized carbons (Fsp3) is 0.0455. The fourth-order valence-corrected chi connectivity index (χ4v) is 4.62. The molecule has 7 nitrogen and oxygen atoms in total. The van der Waals surface area contributed by atoms with Gasteiger partial charge >= 0.3 is 0 Å². The zero-order valence-electron chi connectivity index (χ0n) is 16.5. The summed E-state index contributed by atoms with van der Waals surface area (Å²) < 4.78 is 40.2. The van der Waals surface area contributed by atoms with Crippen molar-refractivity contribution in [3.8, 4) is 11.3 Å². The monoisotopic (exact) mass is 468 g/mol. The van der Waals surface area contributed by atoms with Crippen LogP contribution in [-0.4, -0.2) is 24.3 Å². The van der Waals surface area contributed by atoms with Crippen molar-refractivity contribution >= 4 is 33.0 Å². The summed E-state index contributed by atoms with van der Waals surface area (Å²) in [7, 11) is -3.86. The molecule has 0 saturated carbocycles. The molecule has 0 fully saturated rings. The third kappa shape index (κ3) is 5.16. The molecule has 0 aliphatic heterocycles. The first-order valence-electron chi connectivity index (χ1n) is 9.42. The summed E-state index contributed by atoms with van der Waals surface area (Å²) in [4.78, 5) is 20.9. The molecule has 2 aromatic carbocycles. The minimum Gasteiger partial charge on any atom is -0.346 e. The lowest BCUT2D eigenvalue weighted by atomic mass is 10.2. The van der Waals surface area contributed by atoms with Crippen molar-refractivity contribution in [1.29, 1.82) is 0 Å². The van der Waals surface area contributed by atoms with Crippen molar-refractivity contribution in [3.05, 3.63) is 94.8 Å². The van der Waals surface area contributed by atoms with E-state index in [1.165, 1.54) is 47.7 Å². The Morgan fingerprint density at radius 2 is 1.66 bits per heavy atom. The first-order valence-corrected chi connectivity index (χ1v) is 11.8. The van der Waals surface area contributed by atoms with Gasteiger partial charge < -0.3 is 5.32 Å². The number of sulfonamides is 1. The molecule has 0 aliphatic rings. The SMILES string of the molecule is O=C(NCc1nc(-c2ccncc2)cs1)c1ccc(NS(=O)(=O)c2ccc(F)cc2)cc1. The van der Waals surface area contributed by atoms with Gasteiger partial charge in [0, 0.05) is 34.6 Å². The molecule has 0 unspecified atom stereocenters. The standard InChI is InChI=1S/C22H17FN4O3S2/c23-17-3-7-19(8-4-17)32(29,30)27-18-5-1-16(2-6-18)22(28)25-13-21-26-20(14-31-21)15-9-11-24-12-10-15/h1-12,14,27H,13H2,(H,25,28). The number of nitrogens with one attached hydrogen (secondary N) is 2. The van der Waals surface area contributed by atoms with E-state index in [4.69, 9.17) is 0 Å². The minimum absolute atomic E-state index is 0.0599. The Kier molecular flexibility index (Phi) is 6.24. The van der Waals surface area contributed by atoms with Crippen LogP contribution in [0.2, 0.25) is 0 Å². The predicted octanol–water partition coefficient (Wildman–Crippen LogP) is 4.08. The fourth-order valence-electron chi connectivity index (χ4n) is 2.82. The summed E-state index contributed by atoms with van der Waals surface area (Å²) in [5.41, 5.74) is 2.43. The average Bonchev–Trinajstić information content (AvgIpc) is 3.28. The molecule has 0 radical (unpaired) electrons. The number of benzene rings is 2. The minimum atomic E-state index is -3.86. The third-order valence-electron chi connectivity index (χ3n) is 4.45. The maximum absolute atomic E-state index is 13.0. The molecule has 10 heteroatoms. The molecule has 4 rings (SSSR count). The van der Waals surface area contributed by atoms with Crippen LogP contribution in [0.3, 0.4) is 0 Å². The van der Waals surface area contributed by atoms with Gasteiger partial charge in [-0.25, -0.2) is 17.8 Å². The van der Waals surface area contributed by atoms with Gasteiger partial charge in [-0.1, -0.05) is 0 Å². The highest BCUT2D eigenvalue weighted by molar-refractivity contribution is 7.92. The van der Waals surface area contributed by atoms with Crippen LogP contribution in [0.1, 0.15) is 15.4 Å². The van der Waals surface area contributed by atoms with Crippen molar-refractivity contribution in [1.82, 2.24) is 15.3 Å². The number of anilines is 1. The van der Waals surface area contributed by atoms with Crippen LogP contribution >= 0.6 is 11.3 Å². The van der Waals surface area contributed by atoms with E-state index in [0.29, 0.717) is 5.56 Å². The number of halogens is 1. The van der Waals surface area contributed by atoms with Gasteiger partial charge in [-0.2, -0.15) is 0 Å². The van der Waals surface area contributed by atoms with Gasteiger partial charge in [-0.15, -0.1) is 11.3 Å². The number of amides is 1. The van der Waals surface area contributed by atoms with Crippen molar-refractivity contribution < 1.29 is 17.6 Å². The number of aromatic nitrogens is 2. The Morgan fingerprint density at radius 3 is 2.34 bits per heavy atom. The van der Waals surface area contributed by atoms with Crippen LogP contribution < -0.4 is 10.0 Å². The van der Waals surface area contributed by atoms with Crippen LogP contribution in [0.5, 0.6) is 0 Å². The van der Waals surface area contributed by atoms with Gasteiger partial charge in [-0.3, -0.25) is 14.5 Å². The van der Waals surface area contributed by atoms with Gasteiger partial charge in [0.05, 0.1) is 17.1 Å². The molecule has 162 valence electrons. The third-order valence-corrected chi connectivity index (χ3v) is 6.70. The Hall–Kier alpha value is -3.63. The summed E-state index contributed by atoms with van der Waals surface area (Å²) in [6.07, 6.45) is 3.39. The van der Waals surface area contributed by atoms with Gasteiger partial charge in [0.15, 0.2) is 0 Å². The largest absolute Gasteiger partial charge is 0.346 e. The normalized spacial score (nSPS) is 11.2. The smallest absolute Gasteiger partial charge is 0.261 e. The van der Waals surface area contributed by atoms with E-state index in [-0.39, 0.29) is 23.0 Å². The molecule has 0 saturated heterocycles. The van der Waals surface area contributed by atoms with Crippen LogP contribution in [0, 0.1) is 5.82 Å². The second-order valence-corrected chi connectivity index (χ2v) is 9.31. The van der Waals surface area contributed by atoms with Crippen LogP contribution in [0.15, 0.2) is 83.3 Å². The summed E-state index contributed by atoms with van der Waals surface area (Å²) >= 11 is 1.44. The highest BCUT2D eigenvalue weighted by atomic mass is 32.2. The predicted molar refractivity (Wildman–Crippen MR) is 120 cm³/mol. The van der Waals surface area contributed by atoms with Crippen LogP contribution in [0.25, 0.3) is 11.3 Å². The zero-order valence-corrected chi connectivity index (χ0v) is 18.2. The van der Waals surface area contributed by atoms with Crippen molar-refractivity contribution in [2.45, 2.75) is 11.4 Å². The van der Waals surface area contributed by atoms with E-state index in [1.807, 2.05) is 17.5 Å². The highest BCUT2D eigenvalue weighted by Crippen LogP contribution is 2.21. The highest BCUT2D eigenvalue weighted by Gasteiger charge is 2.15. The quantitative estimate of drug-likeness (QED) is 0.426. The average molecular weight is 469 g/mol. The number of hydrogen-bond donors (Lipinski definition) is 2.